The molecule has 5 nitrogen and oxygen atoms in total. The standard InChI is InChI=1S/C12H22ClN3O2/c1-3-16-6-4-10(5-7-16)8-14-12(18)15-11(17)9(2)13/h9-10H,3-8H2,1-2H3,(H2,14,15,17,18). The minimum absolute atomic E-state index is 0.453. The van der Waals surface area contributed by atoms with Crippen molar-refractivity contribution in [2.24, 2.45) is 5.92 Å². The summed E-state index contributed by atoms with van der Waals surface area (Å²) in [5, 5.41) is 4.24. The second-order valence-corrected chi connectivity index (χ2v) is 5.35. The molecule has 0 bridgehead atoms. The first-order chi connectivity index (χ1) is 8.52. The number of hydrogen-bond acceptors (Lipinski definition) is 3. The zero-order chi connectivity index (χ0) is 13.5. The molecule has 1 atom stereocenters. The molecule has 1 aliphatic heterocycles. The van der Waals surface area contributed by atoms with Crippen LogP contribution in [-0.4, -0.2) is 48.4 Å². The maximum absolute atomic E-state index is 11.4. The Balaban J connectivity index is 2.17. The van der Waals surface area contributed by atoms with Crippen LogP contribution in [-0.2, 0) is 4.79 Å². The summed E-state index contributed by atoms with van der Waals surface area (Å²) in [5.74, 6) is 0.0389. The predicted molar refractivity (Wildman–Crippen MR) is 71.7 cm³/mol. The normalized spacial score (nSPS) is 19.3. The first-order valence-corrected chi connectivity index (χ1v) is 6.91. The van der Waals surface area contributed by atoms with Gasteiger partial charge in [0.2, 0.25) is 5.91 Å². The predicted octanol–water partition coefficient (Wildman–Crippen LogP) is 1.17. The maximum atomic E-state index is 11.4. The molecular weight excluding hydrogens is 254 g/mol. The topological polar surface area (TPSA) is 61.4 Å². The van der Waals surface area contributed by atoms with E-state index in [1.807, 2.05) is 0 Å². The number of urea groups is 1. The van der Waals surface area contributed by atoms with E-state index >= 15 is 0 Å². The van der Waals surface area contributed by atoms with Crippen molar-refractivity contribution in [2.75, 3.05) is 26.2 Å². The van der Waals surface area contributed by atoms with Gasteiger partial charge in [-0.2, -0.15) is 0 Å². The molecule has 0 spiro atoms. The molecule has 1 saturated heterocycles. The zero-order valence-electron chi connectivity index (χ0n) is 11.0. The zero-order valence-corrected chi connectivity index (χ0v) is 11.8. The summed E-state index contributed by atoms with van der Waals surface area (Å²) in [4.78, 5) is 25.0. The molecule has 0 aromatic rings. The van der Waals surface area contributed by atoms with Crippen LogP contribution in [0.15, 0.2) is 0 Å². The Kier molecular flexibility index (Phi) is 6.43. The highest BCUT2D eigenvalue weighted by Gasteiger charge is 2.19. The minimum Gasteiger partial charge on any atom is -0.338 e. The van der Waals surface area contributed by atoms with Crippen LogP contribution in [0.2, 0.25) is 0 Å². The van der Waals surface area contributed by atoms with E-state index in [0.717, 1.165) is 32.5 Å². The molecule has 1 rings (SSSR count). The van der Waals surface area contributed by atoms with Gasteiger partial charge in [0.15, 0.2) is 0 Å². The van der Waals surface area contributed by atoms with Crippen LogP contribution in [0.1, 0.15) is 26.7 Å². The third kappa shape index (κ3) is 5.23. The number of likely N-dealkylation sites (tertiary alicyclic amines) is 1. The Morgan fingerprint density at radius 2 is 2.00 bits per heavy atom. The Morgan fingerprint density at radius 1 is 1.39 bits per heavy atom. The summed E-state index contributed by atoms with van der Waals surface area (Å²) in [6, 6.07) is -0.453. The molecule has 0 aliphatic carbocycles. The van der Waals surface area contributed by atoms with Crippen molar-refractivity contribution in [2.45, 2.75) is 32.1 Å². The van der Waals surface area contributed by atoms with Crippen LogP contribution in [0.5, 0.6) is 0 Å². The molecule has 0 aromatic heterocycles. The largest absolute Gasteiger partial charge is 0.338 e. The quantitative estimate of drug-likeness (QED) is 0.757. The van der Waals surface area contributed by atoms with Gasteiger partial charge < -0.3 is 10.2 Å². The van der Waals surface area contributed by atoms with Gasteiger partial charge in [-0.25, -0.2) is 4.79 Å². The molecule has 0 radical (unpaired) electrons. The second kappa shape index (κ2) is 7.59. The van der Waals surface area contributed by atoms with Gasteiger partial charge in [-0.05, 0) is 45.3 Å². The summed E-state index contributed by atoms with van der Waals surface area (Å²) >= 11 is 5.56. The van der Waals surface area contributed by atoms with Crippen LogP contribution in [0, 0.1) is 5.92 Å². The first-order valence-electron chi connectivity index (χ1n) is 6.48. The highest BCUT2D eigenvalue weighted by molar-refractivity contribution is 6.31. The smallest absolute Gasteiger partial charge is 0.321 e. The SMILES string of the molecule is CCN1CCC(CNC(=O)NC(=O)C(C)Cl)CC1. The summed E-state index contributed by atoms with van der Waals surface area (Å²) < 4.78 is 0. The van der Waals surface area contributed by atoms with Crippen molar-refractivity contribution >= 4 is 23.5 Å². The molecule has 0 aromatic carbocycles. The number of rotatable bonds is 4. The van der Waals surface area contributed by atoms with Gasteiger partial charge >= 0.3 is 6.03 Å². The summed E-state index contributed by atoms with van der Waals surface area (Å²) in [7, 11) is 0. The van der Waals surface area contributed by atoms with Gasteiger partial charge in [0.25, 0.3) is 0 Å². The fourth-order valence-electron chi connectivity index (χ4n) is 2.00. The lowest BCUT2D eigenvalue weighted by atomic mass is 9.97. The lowest BCUT2D eigenvalue weighted by Gasteiger charge is -2.30. The van der Waals surface area contributed by atoms with E-state index in [4.69, 9.17) is 11.6 Å². The van der Waals surface area contributed by atoms with E-state index in [9.17, 15) is 9.59 Å². The number of nitrogens with one attached hydrogen (secondary N) is 2. The fraction of sp³-hybridized carbons (Fsp3) is 0.833. The van der Waals surface area contributed by atoms with Crippen molar-refractivity contribution in [3.63, 3.8) is 0 Å². The van der Waals surface area contributed by atoms with Gasteiger partial charge in [0.05, 0.1) is 0 Å². The number of halogens is 1. The van der Waals surface area contributed by atoms with Crippen LogP contribution in [0.4, 0.5) is 4.79 Å². The summed E-state index contributed by atoms with van der Waals surface area (Å²) in [5.41, 5.74) is 0. The molecular formula is C12H22ClN3O2. The van der Waals surface area contributed by atoms with Crippen LogP contribution < -0.4 is 10.6 Å². The van der Waals surface area contributed by atoms with Crippen LogP contribution >= 0.6 is 11.6 Å². The molecule has 6 heteroatoms. The first kappa shape index (κ1) is 15.2. The molecule has 1 fully saturated rings. The fourth-order valence-corrected chi connectivity index (χ4v) is 2.05. The van der Waals surface area contributed by atoms with Crippen molar-refractivity contribution in [1.29, 1.82) is 0 Å². The number of imide groups is 1. The number of carbonyl (C=O) groups excluding carboxylic acids is 2. The number of hydrogen-bond donors (Lipinski definition) is 2. The van der Waals surface area contributed by atoms with Crippen molar-refractivity contribution < 1.29 is 9.59 Å². The number of carbonyl (C=O) groups is 2. The average Bonchev–Trinajstić information content (AvgIpc) is 2.36. The Labute approximate surface area is 113 Å². The number of alkyl halides is 1. The Morgan fingerprint density at radius 3 is 2.50 bits per heavy atom. The monoisotopic (exact) mass is 275 g/mol. The lowest BCUT2D eigenvalue weighted by molar-refractivity contribution is -0.119. The average molecular weight is 276 g/mol. The van der Waals surface area contributed by atoms with E-state index in [-0.39, 0.29) is 0 Å². The van der Waals surface area contributed by atoms with E-state index in [1.54, 1.807) is 0 Å². The molecule has 2 N–H and O–H groups in total. The van der Waals surface area contributed by atoms with Gasteiger partial charge in [-0.1, -0.05) is 6.92 Å². The van der Waals surface area contributed by atoms with Crippen molar-refractivity contribution in [3.8, 4) is 0 Å². The summed E-state index contributed by atoms with van der Waals surface area (Å²) in [6.07, 6.45) is 2.18. The van der Waals surface area contributed by atoms with E-state index < -0.39 is 17.3 Å². The molecule has 18 heavy (non-hydrogen) atoms. The Hall–Kier alpha value is -0.810. The van der Waals surface area contributed by atoms with Gasteiger partial charge in [-0.3, -0.25) is 10.1 Å². The maximum Gasteiger partial charge on any atom is 0.321 e. The number of piperidine rings is 1. The molecule has 3 amide bonds. The molecule has 104 valence electrons. The van der Waals surface area contributed by atoms with Crippen molar-refractivity contribution in [1.82, 2.24) is 15.5 Å². The molecule has 1 heterocycles. The van der Waals surface area contributed by atoms with E-state index in [1.165, 1.54) is 6.92 Å². The minimum atomic E-state index is -0.691. The van der Waals surface area contributed by atoms with Gasteiger partial charge in [0, 0.05) is 6.54 Å². The van der Waals surface area contributed by atoms with Crippen molar-refractivity contribution in [3.05, 3.63) is 0 Å². The number of amides is 3. The summed E-state index contributed by atoms with van der Waals surface area (Å²) in [6.45, 7) is 7.57. The second-order valence-electron chi connectivity index (χ2n) is 4.69. The molecule has 1 unspecified atom stereocenters. The molecule has 1 aliphatic rings. The van der Waals surface area contributed by atoms with E-state index in [0.29, 0.717) is 12.5 Å². The van der Waals surface area contributed by atoms with E-state index in [2.05, 4.69) is 22.5 Å². The highest BCUT2D eigenvalue weighted by atomic mass is 35.5. The van der Waals surface area contributed by atoms with Gasteiger partial charge in [0.1, 0.15) is 5.38 Å². The highest BCUT2D eigenvalue weighted by Crippen LogP contribution is 2.15. The van der Waals surface area contributed by atoms with Crippen LogP contribution in [0.3, 0.4) is 0 Å². The Bertz CT molecular complexity index is 289. The van der Waals surface area contributed by atoms with Crippen LogP contribution in [0.25, 0.3) is 0 Å². The number of nitrogens with zero attached hydrogens (tertiary/aromatic N) is 1. The molecule has 0 saturated carbocycles. The lowest BCUT2D eigenvalue weighted by Crippen LogP contribution is -2.45. The third-order valence-electron chi connectivity index (χ3n) is 3.30. The third-order valence-corrected chi connectivity index (χ3v) is 3.50. The van der Waals surface area contributed by atoms with Gasteiger partial charge in [-0.15, -0.1) is 11.6 Å².